The zero-order chi connectivity index (χ0) is 12.5. The van der Waals surface area contributed by atoms with Gasteiger partial charge in [-0.2, -0.15) is 0 Å². The molecule has 0 aliphatic rings. The van der Waals surface area contributed by atoms with Gasteiger partial charge in [-0.3, -0.25) is 4.79 Å². The predicted molar refractivity (Wildman–Crippen MR) is 74.9 cm³/mol. The van der Waals surface area contributed by atoms with Crippen LogP contribution >= 0.6 is 12.4 Å². The lowest BCUT2D eigenvalue weighted by molar-refractivity contribution is -0.131. The van der Waals surface area contributed by atoms with Crippen LogP contribution in [-0.4, -0.2) is 44.7 Å². The van der Waals surface area contributed by atoms with Gasteiger partial charge in [0, 0.05) is 20.2 Å². The number of hydrogen-bond donors (Lipinski definition) is 1. The first-order valence-electron chi connectivity index (χ1n) is 5.73. The summed E-state index contributed by atoms with van der Waals surface area (Å²) in [6.07, 6.45) is 0. The number of rotatable bonds is 7. The van der Waals surface area contributed by atoms with Crippen LogP contribution in [0.1, 0.15) is 5.56 Å². The second-order valence-corrected chi connectivity index (χ2v) is 3.82. The molecule has 0 fully saturated rings. The van der Waals surface area contributed by atoms with Crippen molar-refractivity contribution in [3.63, 3.8) is 0 Å². The third-order valence-corrected chi connectivity index (χ3v) is 2.46. The minimum atomic E-state index is 0. The van der Waals surface area contributed by atoms with Crippen LogP contribution in [0.15, 0.2) is 30.3 Å². The Morgan fingerprint density at radius 1 is 1.33 bits per heavy atom. The summed E-state index contributed by atoms with van der Waals surface area (Å²) in [5.41, 5.74) is 1.13. The van der Waals surface area contributed by atoms with Crippen molar-refractivity contribution in [3.05, 3.63) is 35.9 Å². The molecule has 0 unspecified atom stereocenters. The number of hydrogen-bond acceptors (Lipinski definition) is 3. The molecule has 0 spiro atoms. The fourth-order valence-electron chi connectivity index (χ4n) is 1.56. The van der Waals surface area contributed by atoms with E-state index in [0.717, 1.165) is 5.56 Å². The van der Waals surface area contributed by atoms with E-state index >= 15 is 0 Å². The Kier molecular flexibility index (Phi) is 9.28. The molecule has 18 heavy (non-hydrogen) atoms. The molecule has 1 N–H and O–H groups in total. The maximum absolute atomic E-state index is 11.9. The highest BCUT2D eigenvalue weighted by atomic mass is 35.5. The molecule has 0 aliphatic carbocycles. The Hall–Kier alpha value is -1.10. The molecule has 5 heteroatoms. The topological polar surface area (TPSA) is 41.6 Å². The molecule has 1 rings (SSSR count). The van der Waals surface area contributed by atoms with Gasteiger partial charge in [-0.1, -0.05) is 30.3 Å². The number of nitrogens with zero attached hydrogens (tertiary/aromatic N) is 1. The highest BCUT2D eigenvalue weighted by Crippen LogP contribution is 2.04. The summed E-state index contributed by atoms with van der Waals surface area (Å²) >= 11 is 0. The van der Waals surface area contributed by atoms with Gasteiger partial charge in [-0.15, -0.1) is 12.4 Å². The Balaban J connectivity index is 0.00000289. The van der Waals surface area contributed by atoms with Crippen molar-refractivity contribution in [1.82, 2.24) is 10.2 Å². The predicted octanol–water partition coefficient (Wildman–Crippen LogP) is 1.30. The van der Waals surface area contributed by atoms with Crippen molar-refractivity contribution in [2.45, 2.75) is 6.54 Å². The zero-order valence-electron chi connectivity index (χ0n) is 10.9. The van der Waals surface area contributed by atoms with Gasteiger partial charge in [0.1, 0.15) is 0 Å². The van der Waals surface area contributed by atoms with E-state index in [0.29, 0.717) is 26.2 Å². The summed E-state index contributed by atoms with van der Waals surface area (Å²) in [6, 6.07) is 9.97. The summed E-state index contributed by atoms with van der Waals surface area (Å²) in [4.78, 5) is 13.7. The van der Waals surface area contributed by atoms with E-state index in [9.17, 15) is 4.79 Å². The van der Waals surface area contributed by atoms with E-state index in [-0.39, 0.29) is 18.3 Å². The third kappa shape index (κ3) is 6.00. The number of methoxy groups -OCH3 is 1. The molecule has 102 valence electrons. The second kappa shape index (κ2) is 9.88. The molecule has 0 atom stereocenters. The highest BCUT2D eigenvalue weighted by Gasteiger charge is 2.12. The van der Waals surface area contributed by atoms with Gasteiger partial charge in [0.2, 0.25) is 5.91 Å². The average Bonchev–Trinajstić information content (AvgIpc) is 2.36. The molecule has 0 heterocycles. The lowest BCUT2D eigenvalue weighted by Gasteiger charge is -2.22. The lowest BCUT2D eigenvalue weighted by atomic mass is 10.2. The van der Waals surface area contributed by atoms with Crippen LogP contribution in [0.3, 0.4) is 0 Å². The quantitative estimate of drug-likeness (QED) is 0.814. The fourth-order valence-corrected chi connectivity index (χ4v) is 1.56. The summed E-state index contributed by atoms with van der Waals surface area (Å²) in [5.74, 6) is 0.0911. The van der Waals surface area contributed by atoms with E-state index in [1.807, 2.05) is 30.3 Å². The third-order valence-electron chi connectivity index (χ3n) is 2.46. The van der Waals surface area contributed by atoms with Gasteiger partial charge in [0.15, 0.2) is 0 Å². The summed E-state index contributed by atoms with van der Waals surface area (Å²) in [7, 11) is 3.41. The molecule has 0 saturated carbocycles. The van der Waals surface area contributed by atoms with Gasteiger partial charge in [0.05, 0.1) is 13.2 Å². The number of benzene rings is 1. The van der Waals surface area contributed by atoms with Gasteiger partial charge < -0.3 is 15.0 Å². The van der Waals surface area contributed by atoms with Crippen LogP contribution in [0.5, 0.6) is 0 Å². The number of halogens is 1. The Morgan fingerprint density at radius 2 is 2.00 bits per heavy atom. The number of nitrogens with one attached hydrogen (secondary N) is 1. The van der Waals surface area contributed by atoms with Crippen molar-refractivity contribution >= 4 is 18.3 Å². The van der Waals surface area contributed by atoms with E-state index < -0.39 is 0 Å². The molecule has 1 aromatic rings. The van der Waals surface area contributed by atoms with Gasteiger partial charge in [0.25, 0.3) is 0 Å². The van der Waals surface area contributed by atoms with Crippen LogP contribution in [0.4, 0.5) is 0 Å². The van der Waals surface area contributed by atoms with E-state index in [1.165, 1.54) is 0 Å². The SMILES string of the molecule is CNCC(=O)N(CCOC)Cc1ccccc1.Cl. The molecule has 0 saturated heterocycles. The fraction of sp³-hybridized carbons (Fsp3) is 0.462. The van der Waals surface area contributed by atoms with E-state index in [2.05, 4.69) is 5.32 Å². The number of likely N-dealkylation sites (N-methyl/N-ethyl adjacent to an activating group) is 1. The maximum Gasteiger partial charge on any atom is 0.236 e. The summed E-state index contributed by atoms with van der Waals surface area (Å²) in [6.45, 7) is 2.16. The molecule has 0 radical (unpaired) electrons. The number of amides is 1. The largest absolute Gasteiger partial charge is 0.383 e. The first-order valence-corrected chi connectivity index (χ1v) is 5.73. The normalized spacial score (nSPS) is 9.67. The molecule has 0 aliphatic heterocycles. The lowest BCUT2D eigenvalue weighted by Crippen LogP contribution is -2.38. The number of carbonyl (C=O) groups excluding carboxylic acids is 1. The van der Waals surface area contributed by atoms with Crippen LogP contribution in [0, 0.1) is 0 Å². The Morgan fingerprint density at radius 3 is 2.56 bits per heavy atom. The standard InChI is InChI=1S/C13H20N2O2.ClH/c1-14-10-13(16)15(8-9-17-2)11-12-6-4-3-5-7-12;/h3-7,14H,8-11H2,1-2H3;1H. The minimum absolute atomic E-state index is 0. The van der Waals surface area contributed by atoms with Gasteiger partial charge in [-0.25, -0.2) is 0 Å². The second-order valence-electron chi connectivity index (χ2n) is 3.82. The number of ether oxygens (including phenoxy) is 1. The zero-order valence-corrected chi connectivity index (χ0v) is 11.7. The molecule has 0 bridgehead atoms. The smallest absolute Gasteiger partial charge is 0.236 e. The molecule has 1 amide bonds. The van der Waals surface area contributed by atoms with Crippen LogP contribution < -0.4 is 5.32 Å². The Labute approximate surface area is 115 Å². The molecule has 0 aromatic heterocycles. The average molecular weight is 273 g/mol. The van der Waals surface area contributed by atoms with Gasteiger partial charge >= 0.3 is 0 Å². The first-order chi connectivity index (χ1) is 8.27. The van der Waals surface area contributed by atoms with Crippen molar-refractivity contribution in [2.75, 3.05) is 33.9 Å². The van der Waals surface area contributed by atoms with Gasteiger partial charge in [-0.05, 0) is 12.6 Å². The van der Waals surface area contributed by atoms with Crippen LogP contribution in [-0.2, 0) is 16.1 Å². The minimum Gasteiger partial charge on any atom is -0.383 e. The first kappa shape index (κ1) is 16.9. The molecular weight excluding hydrogens is 252 g/mol. The number of carbonyl (C=O) groups is 1. The van der Waals surface area contributed by atoms with Crippen LogP contribution in [0.2, 0.25) is 0 Å². The summed E-state index contributed by atoms with van der Waals surface area (Å²) in [5, 5.41) is 2.88. The monoisotopic (exact) mass is 272 g/mol. The molecule has 1 aromatic carbocycles. The summed E-state index contributed by atoms with van der Waals surface area (Å²) < 4.78 is 5.02. The molecular formula is C13H21ClN2O2. The maximum atomic E-state index is 11.9. The van der Waals surface area contributed by atoms with E-state index in [1.54, 1.807) is 19.1 Å². The van der Waals surface area contributed by atoms with Crippen molar-refractivity contribution in [2.24, 2.45) is 0 Å². The molecule has 4 nitrogen and oxygen atoms in total. The van der Waals surface area contributed by atoms with Crippen LogP contribution in [0.25, 0.3) is 0 Å². The highest BCUT2D eigenvalue weighted by molar-refractivity contribution is 5.85. The van der Waals surface area contributed by atoms with E-state index in [4.69, 9.17) is 4.74 Å². The van der Waals surface area contributed by atoms with Crippen molar-refractivity contribution < 1.29 is 9.53 Å². The van der Waals surface area contributed by atoms with Crippen molar-refractivity contribution in [3.8, 4) is 0 Å². The van der Waals surface area contributed by atoms with Crippen molar-refractivity contribution in [1.29, 1.82) is 0 Å². The Bertz CT molecular complexity index is 333.